The molecule has 2 atom stereocenters. The average Bonchev–Trinajstić information content (AvgIpc) is 2.43. The lowest BCUT2D eigenvalue weighted by molar-refractivity contribution is -0.145. The number of carbonyl (C=O) groups excluding carboxylic acids is 1. The largest absolute Gasteiger partial charge is 0.481 e. The normalized spacial score (nSPS) is 23.9. The lowest BCUT2D eigenvalue weighted by Crippen LogP contribution is -2.54. The predicted molar refractivity (Wildman–Crippen MR) is 71.3 cm³/mol. The Morgan fingerprint density at radius 1 is 1.35 bits per heavy atom. The summed E-state index contributed by atoms with van der Waals surface area (Å²) >= 11 is 0. The molecule has 0 radical (unpaired) electrons. The van der Waals surface area contributed by atoms with Gasteiger partial charge in [0, 0.05) is 13.0 Å². The van der Waals surface area contributed by atoms with E-state index in [1.54, 1.807) is 0 Å². The quantitative estimate of drug-likeness (QED) is 0.531. The van der Waals surface area contributed by atoms with Crippen LogP contribution in [0.3, 0.4) is 0 Å². The molecule has 0 aliphatic carbocycles. The highest BCUT2D eigenvalue weighted by molar-refractivity contribution is 5.88. The Hall–Kier alpha value is -1.63. The zero-order valence-electron chi connectivity index (χ0n) is 11.6. The molecule has 114 valence electrons. The van der Waals surface area contributed by atoms with Gasteiger partial charge in [-0.2, -0.15) is 0 Å². The van der Waals surface area contributed by atoms with E-state index in [0.29, 0.717) is 19.4 Å². The van der Waals surface area contributed by atoms with Crippen molar-refractivity contribution < 1.29 is 24.6 Å². The summed E-state index contributed by atoms with van der Waals surface area (Å²) in [7, 11) is 0. The first-order valence-corrected chi connectivity index (χ1v) is 6.87. The van der Waals surface area contributed by atoms with E-state index >= 15 is 0 Å². The van der Waals surface area contributed by atoms with E-state index in [-0.39, 0.29) is 18.7 Å². The molecule has 0 bridgehead atoms. The van der Waals surface area contributed by atoms with Gasteiger partial charge in [0.15, 0.2) is 0 Å². The molecular weight excluding hydrogens is 264 g/mol. The van der Waals surface area contributed by atoms with Crippen molar-refractivity contribution in [1.29, 1.82) is 0 Å². The Morgan fingerprint density at radius 3 is 2.50 bits per heavy atom. The van der Waals surface area contributed by atoms with E-state index < -0.39 is 23.4 Å². The minimum atomic E-state index is -1.20. The fraction of sp³-hybridized carbons (Fsp3) is 0.769. The lowest BCUT2D eigenvalue weighted by atomic mass is 9.77. The standard InChI is InChI=1S/C13H22N2O5/c1-2-13(6-3-7-14-8-13)12(20)15-9(11(18)19)4-5-10(16)17/h9,14H,2-8H2,1H3,(H,15,20)(H,16,17)(H,18,19)/t9-,13?/m0/s1. The SMILES string of the molecule is CCC1(C(=O)N[C@@H](CCC(=O)O)C(=O)O)CCCNC1. The van der Waals surface area contributed by atoms with Crippen LogP contribution in [0.2, 0.25) is 0 Å². The summed E-state index contributed by atoms with van der Waals surface area (Å²) in [5.41, 5.74) is -0.588. The monoisotopic (exact) mass is 286 g/mol. The van der Waals surface area contributed by atoms with Crippen LogP contribution in [0.4, 0.5) is 0 Å². The van der Waals surface area contributed by atoms with Crippen LogP contribution in [0.5, 0.6) is 0 Å². The van der Waals surface area contributed by atoms with Gasteiger partial charge in [-0.15, -0.1) is 0 Å². The summed E-state index contributed by atoms with van der Waals surface area (Å²) in [6, 6.07) is -1.15. The predicted octanol–water partition coefficient (Wildman–Crippen LogP) is 0.200. The third kappa shape index (κ3) is 4.19. The van der Waals surface area contributed by atoms with Crippen LogP contribution in [-0.4, -0.2) is 47.2 Å². The van der Waals surface area contributed by atoms with Crippen molar-refractivity contribution in [2.75, 3.05) is 13.1 Å². The molecular formula is C13H22N2O5. The van der Waals surface area contributed by atoms with Gasteiger partial charge in [0.25, 0.3) is 0 Å². The molecule has 1 aliphatic rings. The van der Waals surface area contributed by atoms with Gasteiger partial charge in [-0.05, 0) is 32.2 Å². The number of hydrogen-bond donors (Lipinski definition) is 4. The van der Waals surface area contributed by atoms with Gasteiger partial charge in [0.2, 0.25) is 5.91 Å². The maximum Gasteiger partial charge on any atom is 0.326 e. The number of aliphatic carboxylic acids is 2. The summed E-state index contributed by atoms with van der Waals surface area (Å²) in [4.78, 5) is 34.0. The van der Waals surface area contributed by atoms with E-state index in [0.717, 1.165) is 13.0 Å². The number of carboxylic acids is 2. The van der Waals surface area contributed by atoms with Crippen LogP contribution in [-0.2, 0) is 14.4 Å². The van der Waals surface area contributed by atoms with Gasteiger partial charge >= 0.3 is 11.9 Å². The van der Waals surface area contributed by atoms with Crippen molar-refractivity contribution in [2.45, 2.75) is 45.1 Å². The summed E-state index contributed by atoms with van der Waals surface area (Å²) in [5, 5.41) is 23.3. The van der Waals surface area contributed by atoms with Gasteiger partial charge in [-0.1, -0.05) is 6.92 Å². The highest BCUT2D eigenvalue weighted by Gasteiger charge is 2.39. The second-order valence-corrected chi connectivity index (χ2v) is 5.21. The number of rotatable bonds is 7. The van der Waals surface area contributed by atoms with Crippen molar-refractivity contribution >= 4 is 17.8 Å². The van der Waals surface area contributed by atoms with Crippen molar-refractivity contribution in [3.8, 4) is 0 Å². The summed E-state index contributed by atoms with van der Waals surface area (Å²) in [6.07, 6.45) is 1.82. The number of carbonyl (C=O) groups is 3. The number of piperidine rings is 1. The molecule has 1 saturated heterocycles. The molecule has 0 aromatic rings. The van der Waals surface area contributed by atoms with E-state index in [1.165, 1.54) is 0 Å². The molecule has 1 fully saturated rings. The molecule has 20 heavy (non-hydrogen) atoms. The highest BCUT2D eigenvalue weighted by atomic mass is 16.4. The zero-order valence-corrected chi connectivity index (χ0v) is 11.6. The van der Waals surface area contributed by atoms with Gasteiger partial charge < -0.3 is 20.8 Å². The van der Waals surface area contributed by atoms with Crippen molar-refractivity contribution in [2.24, 2.45) is 5.41 Å². The number of carboxylic acid groups (broad SMARTS) is 2. The van der Waals surface area contributed by atoms with Crippen LogP contribution >= 0.6 is 0 Å². The van der Waals surface area contributed by atoms with Gasteiger partial charge in [-0.3, -0.25) is 9.59 Å². The zero-order chi connectivity index (χ0) is 15.2. The first-order valence-electron chi connectivity index (χ1n) is 6.87. The van der Waals surface area contributed by atoms with Gasteiger partial charge in [0.1, 0.15) is 6.04 Å². The number of amides is 1. The molecule has 1 rings (SSSR count). The second-order valence-electron chi connectivity index (χ2n) is 5.21. The topological polar surface area (TPSA) is 116 Å². The molecule has 7 nitrogen and oxygen atoms in total. The Morgan fingerprint density at radius 2 is 2.05 bits per heavy atom. The molecule has 1 unspecified atom stereocenters. The van der Waals surface area contributed by atoms with Crippen LogP contribution < -0.4 is 10.6 Å². The van der Waals surface area contributed by atoms with Gasteiger partial charge in [0.05, 0.1) is 5.41 Å². The van der Waals surface area contributed by atoms with Crippen molar-refractivity contribution in [3.05, 3.63) is 0 Å². The molecule has 0 aromatic carbocycles. The Labute approximate surface area is 117 Å². The summed E-state index contributed by atoms with van der Waals surface area (Å²) in [5.74, 6) is -2.57. The summed E-state index contributed by atoms with van der Waals surface area (Å²) < 4.78 is 0. The lowest BCUT2D eigenvalue weighted by Gasteiger charge is -2.36. The Balaban J connectivity index is 2.68. The van der Waals surface area contributed by atoms with Crippen LogP contribution in [0.15, 0.2) is 0 Å². The third-order valence-corrected chi connectivity index (χ3v) is 3.88. The average molecular weight is 286 g/mol. The van der Waals surface area contributed by atoms with E-state index in [1.807, 2.05) is 6.92 Å². The molecule has 0 aromatic heterocycles. The van der Waals surface area contributed by atoms with Crippen molar-refractivity contribution in [1.82, 2.24) is 10.6 Å². The fourth-order valence-electron chi connectivity index (χ4n) is 2.46. The number of hydrogen-bond acceptors (Lipinski definition) is 4. The van der Waals surface area contributed by atoms with Crippen LogP contribution in [0.1, 0.15) is 39.0 Å². The van der Waals surface area contributed by atoms with E-state index in [9.17, 15) is 14.4 Å². The third-order valence-electron chi connectivity index (χ3n) is 3.88. The van der Waals surface area contributed by atoms with Crippen LogP contribution in [0, 0.1) is 5.41 Å². The van der Waals surface area contributed by atoms with Crippen LogP contribution in [0.25, 0.3) is 0 Å². The Kier molecular flexibility index (Phi) is 5.94. The smallest absolute Gasteiger partial charge is 0.326 e. The molecule has 1 amide bonds. The maximum atomic E-state index is 12.3. The molecule has 1 aliphatic heterocycles. The molecule has 7 heteroatoms. The second kappa shape index (κ2) is 7.23. The first-order chi connectivity index (χ1) is 9.41. The van der Waals surface area contributed by atoms with E-state index in [4.69, 9.17) is 10.2 Å². The van der Waals surface area contributed by atoms with Crippen molar-refractivity contribution in [3.63, 3.8) is 0 Å². The van der Waals surface area contributed by atoms with Gasteiger partial charge in [-0.25, -0.2) is 4.79 Å². The maximum absolute atomic E-state index is 12.3. The highest BCUT2D eigenvalue weighted by Crippen LogP contribution is 2.30. The molecule has 4 N–H and O–H groups in total. The minimum absolute atomic E-state index is 0.108. The molecule has 0 saturated carbocycles. The minimum Gasteiger partial charge on any atom is -0.481 e. The molecule has 0 spiro atoms. The first kappa shape index (κ1) is 16.4. The Bertz CT molecular complexity index is 377. The fourth-order valence-corrected chi connectivity index (χ4v) is 2.46. The number of nitrogens with one attached hydrogen (secondary N) is 2. The van der Waals surface area contributed by atoms with E-state index in [2.05, 4.69) is 10.6 Å². The molecule has 1 heterocycles. The summed E-state index contributed by atoms with van der Waals surface area (Å²) in [6.45, 7) is 3.29.